The summed E-state index contributed by atoms with van der Waals surface area (Å²) in [5.74, 6) is -4.31. The molecule has 0 aliphatic heterocycles. The van der Waals surface area contributed by atoms with E-state index in [-0.39, 0.29) is 28.3 Å². The van der Waals surface area contributed by atoms with E-state index in [4.69, 9.17) is 16.3 Å². The average Bonchev–Trinajstić information content (AvgIpc) is 2.76. The van der Waals surface area contributed by atoms with Crippen LogP contribution in [0.4, 0.5) is 14.5 Å². The maximum absolute atomic E-state index is 13.3. The number of rotatable bonds is 10. The number of carbonyl (C=O) groups is 3. The molecule has 8 nitrogen and oxygen atoms in total. The summed E-state index contributed by atoms with van der Waals surface area (Å²) >= 11 is 7.34. The summed E-state index contributed by atoms with van der Waals surface area (Å²) < 4.78 is 31.2. The number of hydrogen-bond donors (Lipinski definition) is 1. The van der Waals surface area contributed by atoms with Crippen LogP contribution in [0.15, 0.2) is 36.4 Å². The molecule has 0 aliphatic carbocycles. The Bertz CT molecular complexity index is 1050. The van der Waals surface area contributed by atoms with Crippen LogP contribution in [0.25, 0.3) is 0 Å². The fraction of sp³-hybridized carbons (Fsp3) is 0.250. The smallest absolute Gasteiger partial charge is 0.329 e. The molecular weight excluding hydrogens is 470 g/mol. The Morgan fingerprint density at radius 1 is 1.19 bits per heavy atom. The maximum atomic E-state index is 13.3. The molecule has 1 N–H and O–H groups in total. The first kappa shape index (κ1) is 25.2. The molecule has 2 aromatic carbocycles. The van der Waals surface area contributed by atoms with Crippen LogP contribution in [0.1, 0.15) is 27.1 Å². The third kappa shape index (κ3) is 6.72. The van der Waals surface area contributed by atoms with E-state index < -0.39 is 46.9 Å². The van der Waals surface area contributed by atoms with Crippen molar-refractivity contribution < 1.29 is 32.8 Å². The summed E-state index contributed by atoms with van der Waals surface area (Å²) in [5, 5.41) is 13.1. The van der Waals surface area contributed by atoms with Crippen LogP contribution >= 0.6 is 23.4 Å². The molecule has 0 bridgehead atoms. The number of thioether (sulfide) groups is 1. The quantitative estimate of drug-likeness (QED) is 0.235. The van der Waals surface area contributed by atoms with E-state index in [0.29, 0.717) is 11.8 Å². The number of nitro benzene ring substituents is 1. The molecule has 0 saturated heterocycles. The van der Waals surface area contributed by atoms with Gasteiger partial charge in [0.25, 0.3) is 11.6 Å². The Labute approximate surface area is 190 Å². The van der Waals surface area contributed by atoms with Crippen LogP contribution in [0, 0.1) is 21.7 Å². The van der Waals surface area contributed by atoms with Crippen molar-refractivity contribution in [3.63, 3.8) is 0 Å². The zero-order valence-electron chi connectivity index (χ0n) is 16.6. The fourth-order valence-corrected chi connectivity index (χ4v) is 3.24. The topological polar surface area (TPSA) is 116 Å². The van der Waals surface area contributed by atoms with Crippen LogP contribution < -0.4 is 5.32 Å². The highest BCUT2D eigenvalue weighted by molar-refractivity contribution is 7.98. The number of nitrogens with one attached hydrogen (secondary N) is 1. The number of ether oxygens (including phenoxy) is 1. The van der Waals surface area contributed by atoms with Gasteiger partial charge in [0.2, 0.25) is 0 Å². The second kappa shape index (κ2) is 11.5. The van der Waals surface area contributed by atoms with E-state index >= 15 is 0 Å². The van der Waals surface area contributed by atoms with Gasteiger partial charge >= 0.3 is 5.97 Å². The largest absolute Gasteiger partial charge is 0.456 e. The number of amides is 1. The molecule has 2 aromatic rings. The summed E-state index contributed by atoms with van der Waals surface area (Å²) in [7, 11) is 0. The van der Waals surface area contributed by atoms with Crippen molar-refractivity contribution in [2.45, 2.75) is 12.5 Å². The molecule has 1 amide bonds. The molecule has 1 atom stereocenters. The normalized spacial score (nSPS) is 11.5. The van der Waals surface area contributed by atoms with Crippen molar-refractivity contribution in [1.29, 1.82) is 0 Å². The van der Waals surface area contributed by atoms with E-state index in [1.807, 2.05) is 0 Å². The van der Waals surface area contributed by atoms with Gasteiger partial charge in [-0.3, -0.25) is 19.7 Å². The van der Waals surface area contributed by atoms with Crippen molar-refractivity contribution >= 4 is 46.7 Å². The number of carbonyl (C=O) groups excluding carboxylic acids is 3. The average molecular weight is 487 g/mol. The first-order chi connectivity index (χ1) is 15.1. The van der Waals surface area contributed by atoms with Crippen LogP contribution in [-0.4, -0.2) is 47.2 Å². The lowest BCUT2D eigenvalue weighted by atomic mass is 10.1. The molecule has 0 aliphatic rings. The second-order valence-electron chi connectivity index (χ2n) is 6.39. The first-order valence-corrected chi connectivity index (χ1v) is 10.8. The molecule has 170 valence electrons. The van der Waals surface area contributed by atoms with Crippen molar-refractivity contribution in [3.8, 4) is 0 Å². The standard InChI is InChI=1S/C20H17ClF2N2O6S/c1-32-7-6-17(24-19(27)13-4-3-12(25(29)30)9-14(13)21)20(28)31-10-18(26)11-2-5-15(22)16(23)8-11/h2-5,8-9,17H,6-7,10H2,1H3,(H,24,27)/t17-/m0/s1. The Morgan fingerprint density at radius 2 is 1.91 bits per heavy atom. The lowest BCUT2D eigenvalue weighted by molar-refractivity contribution is -0.384. The van der Waals surface area contributed by atoms with Crippen LogP contribution in [-0.2, 0) is 9.53 Å². The van der Waals surface area contributed by atoms with Crippen molar-refractivity contribution in [2.24, 2.45) is 0 Å². The number of halogens is 3. The minimum absolute atomic E-state index is 0.0860. The Balaban J connectivity index is 2.07. The number of nitrogens with zero attached hydrogens (tertiary/aromatic N) is 1. The number of nitro groups is 1. The zero-order chi connectivity index (χ0) is 23.8. The van der Waals surface area contributed by atoms with Gasteiger partial charge in [0.15, 0.2) is 24.0 Å². The van der Waals surface area contributed by atoms with Gasteiger partial charge in [-0.1, -0.05) is 11.6 Å². The van der Waals surface area contributed by atoms with Gasteiger partial charge in [0.1, 0.15) is 6.04 Å². The number of non-ortho nitro benzene ring substituents is 1. The Hall–Kier alpha value is -3.05. The van der Waals surface area contributed by atoms with Gasteiger partial charge in [0.05, 0.1) is 15.5 Å². The molecule has 0 unspecified atom stereocenters. The molecule has 12 heteroatoms. The maximum Gasteiger partial charge on any atom is 0.329 e. The van der Waals surface area contributed by atoms with Crippen molar-refractivity contribution in [1.82, 2.24) is 5.32 Å². The van der Waals surface area contributed by atoms with Gasteiger partial charge in [-0.15, -0.1) is 0 Å². The summed E-state index contributed by atoms with van der Waals surface area (Å²) in [6, 6.07) is 4.63. The van der Waals surface area contributed by atoms with E-state index in [9.17, 15) is 33.3 Å². The highest BCUT2D eigenvalue weighted by atomic mass is 35.5. The van der Waals surface area contributed by atoms with Crippen molar-refractivity contribution in [2.75, 3.05) is 18.6 Å². The van der Waals surface area contributed by atoms with E-state index in [0.717, 1.165) is 30.3 Å². The lowest BCUT2D eigenvalue weighted by Gasteiger charge is -2.17. The molecule has 0 radical (unpaired) electrons. The summed E-state index contributed by atoms with van der Waals surface area (Å²) in [6.45, 7) is -0.742. The summed E-state index contributed by atoms with van der Waals surface area (Å²) in [6.07, 6.45) is 1.94. The highest BCUT2D eigenvalue weighted by Gasteiger charge is 2.25. The number of esters is 1. The number of hydrogen-bond acceptors (Lipinski definition) is 7. The third-order valence-corrected chi connectivity index (χ3v) is 5.15. The number of benzene rings is 2. The molecule has 0 saturated carbocycles. The minimum Gasteiger partial charge on any atom is -0.456 e. The van der Waals surface area contributed by atoms with Crippen LogP contribution in [0.2, 0.25) is 5.02 Å². The van der Waals surface area contributed by atoms with E-state index in [2.05, 4.69) is 5.32 Å². The lowest BCUT2D eigenvalue weighted by Crippen LogP contribution is -2.42. The SMILES string of the molecule is CSCC[C@H](NC(=O)c1ccc([N+](=O)[O-])cc1Cl)C(=O)OCC(=O)c1ccc(F)c(F)c1. The monoisotopic (exact) mass is 486 g/mol. The van der Waals surface area contributed by atoms with E-state index in [1.54, 1.807) is 6.26 Å². The molecule has 32 heavy (non-hydrogen) atoms. The summed E-state index contributed by atoms with van der Waals surface area (Å²) in [5.41, 5.74) is -0.572. The predicted octanol–water partition coefficient (Wildman–Crippen LogP) is 3.80. The van der Waals surface area contributed by atoms with Crippen molar-refractivity contribution in [3.05, 3.63) is 74.3 Å². The number of Topliss-reactive ketones (excluding diaryl/α,β-unsaturated/α-hetero) is 1. The molecule has 0 aromatic heterocycles. The van der Waals surface area contributed by atoms with Gasteiger partial charge < -0.3 is 10.1 Å². The number of ketones is 1. The van der Waals surface area contributed by atoms with Crippen LogP contribution in [0.5, 0.6) is 0 Å². The Kier molecular flexibility index (Phi) is 9.09. The molecule has 0 fully saturated rings. The highest BCUT2D eigenvalue weighted by Crippen LogP contribution is 2.22. The predicted molar refractivity (Wildman–Crippen MR) is 114 cm³/mol. The van der Waals surface area contributed by atoms with Gasteiger partial charge in [-0.2, -0.15) is 11.8 Å². The molecular formula is C20H17ClF2N2O6S. The molecule has 0 spiro atoms. The third-order valence-electron chi connectivity index (χ3n) is 4.20. The fourth-order valence-electron chi connectivity index (χ4n) is 2.51. The first-order valence-electron chi connectivity index (χ1n) is 9.02. The van der Waals surface area contributed by atoms with Gasteiger partial charge in [0, 0.05) is 17.7 Å². The minimum atomic E-state index is -1.22. The van der Waals surface area contributed by atoms with Gasteiger partial charge in [-0.25, -0.2) is 13.6 Å². The zero-order valence-corrected chi connectivity index (χ0v) is 18.2. The van der Waals surface area contributed by atoms with E-state index in [1.165, 1.54) is 11.8 Å². The Morgan fingerprint density at radius 3 is 2.50 bits per heavy atom. The molecule has 2 rings (SSSR count). The second-order valence-corrected chi connectivity index (χ2v) is 7.78. The molecule has 0 heterocycles. The summed E-state index contributed by atoms with van der Waals surface area (Å²) in [4.78, 5) is 47.2. The van der Waals surface area contributed by atoms with Gasteiger partial charge in [-0.05, 0) is 42.7 Å². The van der Waals surface area contributed by atoms with Crippen LogP contribution in [0.3, 0.4) is 0 Å².